The number of likely N-dealkylation sites (tertiary alicyclic amines) is 1. The van der Waals surface area contributed by atoms with E-state index < -0.39 is 0 Å². The lowest BCUT2D eigenvalue weighted by Gasteiger charge is -2.39. The van der Waals surface area contributed by atoms with Gasteiger partial charge in [-0.25, -0.2) is 0 Å². The number of carbonyl (C=O) groups is 1. The van der Waals surface area contributed by atoms with Gasteiger partial charge >= 0.3 is 0 Å². The molecule has 0 saturated carbocycles. The van der Waals surface area contributed by atoms with E-state index in [2.05, 4.69) is 5.32 Å². The van der Waals surface area contributed by atoms with E-state index in [4.69, 9.17) is 4.74 Å². The minimum atomic E-state index is -0.102. The van der Waals surface area contributed by atoms with Crippen LogP contribution in [0.2, 0.25) is 0 Å². The minimum Gasteiger partial charge on any atom is -0.363 e. The maximum absolute atomic E-state index is 11.6. The lowest BCUT2D eigenvalue weighted by atomic mass is 10.0. The SMILES string of the molecule is CC1(OCC(=O)N2CCCC2)CNC1. The molecule has 0 bridgehead atoms. The lowest BCUT2D eigenvalue weighted by molar-refractivity contribution is -0.144. The summed E-state index contributed by atoms with van der Waals surface area (Å²) in [6, 6.07) is 0. The molecule has 0 aromatic heterocycles. The fourth-order valence-electron chi connectivity index (χ4n) is 1.87. The maximum atomic E-state index is 11.6. The number of hydrogen-bond donors (Lipinski definition) is 1. The van der Waals surface area contributed by atoms with Crippen molar-refractivity contribution in [3.05, 3.63) is 0 Å². The molecule has 2 aliphatic heterocycles. The highest BCUT2D eigenvalue weighted by Crippen LogP contribution is 2.16. The zero-order valence-corrected chi connectivity index (χ0v) is 8.71. The highest BCUT2D eigenvalue weighted by molar-refractivity contribution is 5.77. The Morgan fingerprint density at radius 1 is 1.43 bits per heavy atom. The average molecular weight is 198 g/mol. The summed E-state index contributed by atoms with van der Waals surface area (Å²) < 4.78 is 5.59. The molecular weight excluding hydrogens is 180 g/mol. The van der Waals surface area contributed by atoms with Crippen LogP contribution in [0, 0.1) is 0 Å². The summed E-state index contributed by atoms with van der Waals surface area (Å²) >= 11 is 0. The van der Waals surface area contributed by atoms with E-state index in [1.807, 2.05) is 11.8 Å². The van der Waals surface area contributed by atoms with E-state index in [-0.39, 0.29) is 18.1 Å². The van der Waals surface area contributed by atoms with Crippen LogP contribution in [0.1, 0.15) is 19.8 Å². The molecule has 1 amide bonds. The van der Waals surface area contributed by atoms with Crippen molar-refractivity contribution in [3.8, 4) is 0 Å². The molecule has 2 fully saturated rings. The van der Waals surface area contributed by atoms with Crippen LogP contribution < -0.4 is 5.32 Å². The Bertz CT molecular complexity index is 220. The lowest BCUT2D eigenvalue weighted by Crippen LogP contribution is -2.59. The molecule has 14 heavy (non-hydrogen) atoms. The van der Waals surface area contributed by atoms with Gasteiger partial charge in [0.1, 0.15) is 6.61 Å². The summed E-state index contributed by atoms with van der Waals surface area (Å²) in [5, 5.41) is 3.15. The van der Waals surface area contributed by atoms with Crippen LogP contribution in [0.4, 0.5) is 0 Å². The van der Waals surface area contributed by atoms with Crippen molar-refractivity contribution in [2.75, 3.05) is 32.8 Å². The van der Waals surface area contributed by atoms with Crippen molar-refractivity contribution in [3.63, 3.8) is 0 Å². The molecule has 4 nitrogen and oxygen atoms in total. The molecule has 4 heteroatoms. The Kier molecular flexibility index (Phi) is 2.74. The molecule has 0 radical (unpaired) electrons. The van der Waals surface area contributed by atoms with Gasteiger partial charge in [0.25, 0.3) is 0 Å². The first kappa shape index (κ1) is 9.93. The Hall–Kier alpha value is -0.610. The molecule has 2 saturated heterocycles. The van der Waals surface area contributed by atoms with Gasteiger partial charge in [0.05, 0.1) is 5.60 Å². The standard InChI is InChI=1S/C10H18N2O2/c1-10(7-11-8-10)14-6-9(13)12-4-2-3-5-12/h11H,2-8H2,1H3. The van der Waals surface area contributed by atoms with E-state index in [9.17, 15) is 4.79 Å². The first-order chi connectivity index (χ1) is 6.70. The second-order valence-electron chi connectivity index (χ2n) is 4.43. The summed E-state index contributed by atoms with van der Waals surface area (Å²) in [6.07, 6.45) is 2.29. The number of carbonyl (C=O) groups excluding carboxylic acids is 1. The van der Waals surface area contributed by atoms with Crippen molar-refractivity contribution in [1.82, 2.24) is 10.2 Å². The van der Waals surface area contributed by atoms with E-state index in [0.29, 0.717) is 0 Å². The summed E-state index contributed by atoms with van der Waals surface area (Å²) in [5.74, 6) is 0.149. The molecular formula is C10H18N2O2. The first-order valence-corrected chi connectivity index (χ1v) is 5.32. The Labute approximate surface area is 84.6 Å². The smallest absolute Gasteiger partial charge is 0.248 e. The van der Waals surface area contributed by atoms with Crippen LogP contribution in [-0.2, 0) is 9.53 Å². The van der Waals surface area contributed by atoms with Gasteiger partial charge in [-0.3, -0.25) is 4.79 Å². The van der Waals surface area contributed by atoms with Crippen LogP contribution in [0.3, 0.4) is 0 Å². The van der Waals surface area contributed by atoms with Crippen molar-refractivity contribution in [2.24, 2.45) is 0 Å². The van der Waals surface area contributed by atoms with E-state index in [0.717, 1.165) is 39.0 Å². The third kappa shape index (κ3) is 2.07. The molecule has 2 aliphatic rings. The number of hydrogen-bond acceptors (Lipinski definition) is 3. The molecule has 2 heterocycles. The van der Waals surface area contributed by atoms with Crippen LogP contribution >= 0.6 is 0 Å². The molecule has 0 unspecified atom stereocenters. The molecule has 0 aromatic carbocycles. The van der Waals surface area contributed by atoms with Gasteiger partial charge in [-0.15, -0.1) is 0 Å². The maximum Gasteiger partial charge on any atom is 0.248 e. The molecule has 80 valence electrons. The molecule has 1 N–H and O–H groups in total. The van der Waals surface area contributed by atoms with Crippen molar-refractivity contribution < 1.29 is 9.53 Å². The van der Waals surface area contributed by atoms with Crippen LogP contribution in [0.15, 0.2) is 0 Å². The summed E-state index contributed by atoms with van der Waals surface area (Å²) in [6.45, 7) is 5.84. The number of rotatable bonds is 3. The monoisotopic (exact) mass is 198 g/mol. The first-order valence-electron chi connectivity index (χ1n) is 5.32. The number of ether oxygens (including phenoxy) is 1. The third-order valence-corrected chi connectivity index (χ3v) is 3.00. The van der Waals surface area contributed by atoms with Gasteiger partial charge in [-0.05, 0) is 19.8 Å². The van der Waals surface area contributed by atoms with Crippen LogP contribution in [-0.4, -0.2) is 49.2 Å². The second kappa shape index (κ2) is 3.87. The fraction of sp³-hybridized carbons (Fsp3) is 0.900. The molecule has 0 atom stereocenters. The van der Waals surface area contributed by atoms with E-state index in [1.165, 1.54) is 0 Å². The fourth-order valence-corrected chi connectivity index (χ4v) is 1.87. The van der Waals surface area contributed by atoms with Gasteiger partial charge < -0.3 is 15.0 Å². The highest BCUT2D eigenvalue weighted by atomic mass is 16.5. The zero-order chi connectivity index (χ0) is 10.0. The number of amides is 1. The quantitative estimate of drug-likeness (QED) is 0.693. The van der Waals surface area contributed by atoms with Gasteiger partial charge in [-0.2, -0.15) is 0 Å². The third-order valence-electron chi connectivity index (χ3n) is 3.00. The van der Waals surface area contributed by atoms with Gasteiger partial charge in [-0.1, -0.05) is 0 Å². The Morgan fingerprint density at radius 3 is 2.57 bits per heavy atom. The van der Waals surface area contributed by atoms with E-state index in [1.54, 1.807) is 0 Å². The average Bonchev–Trinajstić information content (AvgIpc) is 2.63. The van der Waals surface area contributed by atoms with Crippen molar-refractivity contribution >= 4 is 5.91 Å². The molecule has 0 spiro atoms. The summed E-state index contributed by atoms with van der Waals surface area (Å²) in [7, 11) is 0. The second-order valence-corrected chi connectivity index (χ2v) is 4.43. The summed E-state index contributed by atoms with van der Waals surface area (Å²) in [4.78, 5) is 13.5. The van der Waals surface area contributed by atoms with Gasteiger partial charge in [0.15, 0.2) is 0 Å². The predicted molar refractivity (Wildman–Crippen MR) is 53.0 cm³/mol. The van der Waals surface area contributed by atoms with Crippen molar-refractivity contribution in [1.29, 1.82) is 0 Å². The molecule has 0 aliphatic carbocycles. The summed E-state index contributed by atoms with van der Waals surface area (Å²) in [5.41, 5.74) is -0.102. The van der Waals surface area contributed by atoms with Crippen LogP contribution in [0.5, 0.6) is 0 Å². The predicted octanol–water partition coefficient (Wildman–Crippen LogP) is -0.0127. The van der Waals surface area contributed by atoms with Crippen molar-refractivity contribution in [2.45, 2.75) is 25.4 Å². The molecule has 2 rings (SSSR count). The Balaban J connectivity index is 1.71. The van der Waals surface area contributed by atoms with Gasteiger partial charge in [0.2, 0.25) is 5.91 Å². The molecule has 0 aromatic rings. The normalized spacial score (nSPS) is 24.8. The number of nitrogens with zero attached hydrogens (tertiary/aromatic N) is 1. The number of nitrogens with one attached hydrogen (secondary N) is 1. The van der Waals surface area contributed by atoms with Gasteiger partial charge in [0, 0.05) is 26.2 Å². The van der Waals surface area contributed by atoms with E-state index >= 15 is 0 Å². The Morgan fingerprint density at radius 2 is 2.07 bits per heavy atom. The minimum absolute atomic E-state index is 0.102. The zero-order valence-electron chi connectivity index (χ0n) is 8.71. The highest BCUT2D eigenvalue weighted by Gasteiger charge is 2.33. The topological polar surface area (TPSA) is 41.6 Å². The largest absolute Gasteiger partial charge is 0.363 e. The van der Waals surface area contributed by atoms with Crippen LogP contribution in [0.25, 0.3) is 0 Å².